The van der Waals surface area contributed by atoms with Crippen molar-refractivity contribution in [3.63, 3.8) is 0 Å². The molecule has 0 fully saturated rings. The number of pyridine rings is 2. The number of amides is 1. The molecule has 0 aliphatic rings. The van der Waals surface area contributed by atoms with Crippen LogP contribution in [0.3, 0.4) is 0 Å². The van der Waals surface area contributed by atoms with E-state index in [1.807, 2.05) is 37.4 Å². The van der Waals surface area contributed by atoms with Gasteiger partial charge in [0.25, 0.3) is 5.91 Å². The van der Waals surface area contributed by atoms with Gasteiger partial charge >= 0.3 is 0 Å². The summed E-state index contributed by atoms with van der Waals surface area (Å²) in [6.07, 6.45) is 5.22. The number of ether oxygens (including phenoxy) is 1. The number of carbonyl (C=O) groups excluding carboxylic acids is 1. The summed E-state index contributed by atoms with van der Waals surface area (Å²) in [5.74, 6) is 0.507. The lowest BCUT2D eigenvalue weighted by Gasteiger charge is -2.07. The number of aryl methyl sites for hydroxylation is 1. The minimum Gasteiger partial charge on any atom is -0.481 e. The zero-order chi connectivity index (χ0) is 19.5. The van der Waals surface area contributed by atoms with Gasteiger partial charge in [-0.2, -0.15) is 5.10 Å². The smallest absolute Gasteiger partial charge is 0.251 e. The van der Waals surface area contributed by atoms with E-state index in [4.69, 9.17) is 4.74 Å². The van der Waals surface area contributed by atoms with Gasteiger partial charge in [0.1, 0.15) is 0 Å². The zero-order valence-corrected chi connectivity index (χ0v) is 15.6. The molecule has 28 heavy (non-hydrogen) atoms. The first-order valence-electron chi connectivity index (χ1n) is 8.80. The molecule has 0 aliphatic carbocycles. The number of fused-ring (bicyclic) bond motifs is 1. The Morgan fingerprint density at radius 1 is 1.18 bits per heavy atom. The van der Waals surface area contributed by atoms with Gasteiger partial charge in [-0.05, 0) is 48.0 Å². The van der Waals surface area contributed by atoms with Gasteiger partial charge in [-0.1, -0.05) is 0 Å². The van der Waals surface area contributed by atoms with Crippen LogP contribution in [0.2, 0.25) is 0 Å². The monoisotopic (exact) mass is 373 g/mol. The van der Waals surface area contributed by atoms with E-state index in [1.54, 1.807) is 42.5 Å². The number of benzene rings is 1. The highest BCUT2D eigenvalue weighted by Gasteiger charge is 2.13. The van der Waals surface area contributed by atoms with Crippen molar-refractivity contribution in [2.24, 2.45) is 7.05 Å². The van der Waals surface area contributed by atoms with Crippen molar-refractivity contribution in [3.8, 4) is 17.1 Å². The van der Waals surface area contributed by atoms with Crippen LogP contribution < -0.4 is 10.1 Å². The predicted molar refractivity (Wildman–Crippen MR) is 106 cm³/mol. The van der Waals surface area contributed by atoms with Crippen molar-refractivity contribution in [2.75, 3.05) is 7.11 Å². The quantitative estimate of drug-likeness (QED) is 0.582. The SMILES string of the molecule is COc1c2ccc(C(=O)NCc3ccnc(-c4cccnc4)c3)cc2nn1C. The molecule has 0 spiro atoms. The first kappa shape index (κ1) is 17.7. The predicted octanol–water partition coefficient (Wildman–Crippen LogP) is 2.97. The Morgan fingerprint density at radius 3 is 2.86 bits per heavy atom. The van der Waals surface area contributed by atoms with Crippen molar-refractivity contribution in [1.82, 2.24) is 25.1 Å². The third kappa shape index (κ3) is 3.42. The van der Waals surface area contributed by atoms with Crippen LogP contribution in [0.4, 0.5) is 0 Å². The summed E-state index contributed by atoms with van der Waals surface area (Å²) in [6.45, 7) is 0.401. The molecule has 0 atom stereocenters. The number of hydrogen-bond donors (Lipinski definition) is 1. The first-order valence-corrected chi connectivity index (χ1v) is 8.80. The van der Waals surface area contributed by atoms with E-state index < -0.39 is 0 Å². The highest BCUT2D eigenvalue weighted by Crippen LogP contribution is 2.25. The topological polar surface area (TPSA) is 81.9 Å². The molecule has 3 aromatic heterocycles. The summed E-state index contributed by atoms with van der Waals surface area (Å²) in [4.78, 5) is 21.1. The van der Waals surface area contributed by atoms with E-state index in [1.165, 1.54) is 0 Å². The molecule has 1 N–H and O–H groups in total. The second-order valence-electron chi connectivity index (χ2n) is 6.34. The molecular weight excluding hydrogens is 354 g/mol. The second kappa shape index (κ2) is 7.48. The van der Waals surface area contributed by atoms with Crippen LogP contribution in [-0.4, -0.2) is 32.8 Å². The maximum Gasteiger partial charge on any atom is 0.251 e. The molecule has 1 aromatic carbocycles. The van der Waals surface area contributed by atoms with Crippen LogP contribution in [0.5, 0.6) is 5.88 Å². The van der Waals surface area contributed by atoms with Gasteiger partial charge < -0.3 is 10.1 Å². The third-order valence-corrected chi connectivity index (χ3v) is 4.47. The van der Waals surface area contributed by atoms with Crippen LogP contribution in [0.25, 0.3) is 22.2 Å². The number of rotatable bonds is 5. The van der Waals surface area contributed by atoms with Crippen molar-refractivity contribution < 1.29 is 9.53 Å². The molecule has 0 radical (unpaired) electrons. The standard InChI is InChI=1S/C21H19N5O2/c1-26-21(28-2)17-6-5-15(11-19(17)25-26)20(27)24-12-14-7-9-23-18(10-14)16-4-3-8-22-13-16/h3-11,13H,12H2,1-2H3,(H,24,27). The van der Waals surface area contributed by atoms with Gasteiger partial charge in [0.05, 0.1) is 23.7 Å². The maximum atomic E-state index is 12.6. The number of aromatic nitrogens is 4. The minimum absolute atomic E-state index is 0.161. The number of nitrogens with one attached hydrogen (secondary N) is 1. The van der Waals surface area contributed by atoms with Gasteiger partial charge in [-0.25, -0.2) is 4.68 Å². The molecule has 0 saturated heterocycles. The molecule has 4 aromatic rings. The maximum absolute atomic E-state index is 12.6. The molecule has 0 aliphatic heterocycles. The lowest BCUT2D eigenvalue weighted by atomic mass is 10.1. The molecule has 0 bridgehead atoms. The molecule has 140 valence electrons. The molecule has 3 heterocycles. The van der Waals surface area contributed by atoms with Crippen molar-refractivity contribution in [1.29, 1.82) is 0 Å². The summed E-state index contributed by atoms with van der Waals surface area (Å²) < 4.78 is 7.00. The van der Waals surface area contributed by atoms with E-state index in [0.717, 1.165) is 27.7 Å². The van der Waals surface area contributed by atoms with Crippen LogP contribution >= 0.6 is 0 Å². The fraction of sp³-hybridized carbons (Fsp3) is 0.143. The Kier molecular flexibility index (Phi) is 4.72. The van der Waals surface area contributed by atoms with Gasteiger partial charge in [0, 0.05) is 43.3 Å². The highest BCUT2D eigenvalue weighted by molar-refractivity contribution is 5.98. The summed E-state index contributed by atoms with van der Waals surface area (Å²) in [6, 6.07) is 13.0. The van der Waals surface area contributed by atoms with Gasteiger partial charge in [0.2, 0.25) is 5.88 Å². The van der Waals surface area contributed by atoms with Crippen molar-refractivity contribution in [3.05, 3.63) is 72.2 Å². The average Bonchev–Trinajstić information content (AvgIpc) is 3.06. The Morgan fingerprint density at radius 2 is 2.07 bits per heavy atom. The van der Waals surface area contributed by atoms with E-state index >= 15 is 0 Å². The first-order chi connectivity index (χ1) is 13.7. The Hall–Kier alpha value is -3.74. The Balaban J connectivity index is 1.49. The minimum atomic E-state index is -0.161. The van der Waals surface area contributed by atoms with Gasteiger partial charge in [-0.3, -0.25) is 14.8 Å². The Bertz CT molecular complexity index is 1140. The summed E-state index contributed by atoms with van der Waals surface area (Å²) in [5.41, 5.74) is 3.99. The van der Waals surface area contributed by atoms with Crippen LogP contribution in [0.15, 0.2) is 61.1 Å². The van der Waals surface area contributed by atoms with Crippen LogP contribution in [0, 0.1) is 0 Å². The van der Waals surface area contributed by atoms with Gasteiger partial charge in [0.15, 0.2) is 0 Å². The number of nitrogens with zero attached hydrogens (tertiary/aromatic N) is 4. The number of hydrogen-bond acceptors (Lipinski definition) is 5. The van der Waals surface area contributed by atoms with E-state index in [9.17, 15) is 4.79 Å². The largest absolute Gasteiger partial charge is 0.481 e. The second-order valence-corrected chi connectivity index (χ2v) is 6.34. The van der Waals surface area contributed by atoms with Crippen molar-refractivity contribution >= 4 is 16.8 Å². The van der Waals surface area contributed by atoms with Crippen molar-refractivity contribution in [2.45, 2.75) is 6.54 Å². The highest BCUT2D eigenvalue weighted by atomic mass is 16.5. The molecule has 7 heteroatoms. The normalized spacial score (nSPS) is 10.8. The third-order valence-electron chi connectivity index (χ3n) is 4.47. The number of methoxy groups -OCH3 is 1. The van der Waals surface area contributed by atoms with Crippen LogP contribution in [-0.2, 0) is 13.6 Å². The molecule has 7 nitrogen and oxygen atoms in total. The van der Waals surface area contributed by atoms with E-state index in [2.05, 4.69) is 20.4 Å². The van der Waals surface area contributed by atoms with Gasteiger partial charge in [-0.15, -0.1) is 0 Å². The molecule has 0 saturated carbocycles. The molecule has 1 amide bonds. The fourth-order valence-corrected chi connectivity index (χ4v) is 3.10. The Labute approximate surface area is 162 Å². The van der Waals surface area contributed by atoms with E-state index in [0.29, 0.717) is 18.0 Å². The summed E-state index contributed by atoms with van der Waals surface area (Å²) in [7, 11) is 3.41. The zero-order valence-electron chi connectivity index (χ0n) is 15.6. The molecule has 0 unspecified atom stereocenters. The fourth-order valence-electron chi connectivity index (χ4n) is 3.10. The lowest BCUT2D eigenvalue weighted by Crippen LogP contribution is -2.22. The summed E-state index contributed by atoms with van der Waals surface area (Å²) in [5, 5.41) is 8.21. The lowest BCUT2D eigenvalue weighted by molar-refractivity contribution is 0.0951. The van der Waals surface area contributed by atoms with E-state index in [-0.39, 0.29) is 5.91 Å². The summed E-state index contributed by atoms with van der Waals surface area (Å²) >= 11 is 0. The van der Waals surface area contributed by atoms with Crippen LogP contribution in [0.1, 0.15) is 15.9 Å². The molecule has 4 rings (SSSR count). The molecular formula is C21H19N5O2. The number of carbonyl (C=O) groups is 1. The average molecular weight is 373 g/mol.